The van der Waals surface area contributed by atoms with Crippen molar-refractivity contribution >= 4 is 11.7 Å². The first-order valence-electron chi connectivity index (χ1n) is 5.22. The summed E-state index contributed by atoms with van der Waals surface area (Å²) in [7, 11) is 0. The SMILES string of the molecule is Cc1cccnc1CNC(=O)C(C)/C(N)=N/O. The predicted molar refractivity (Wildman–Crippen MR) is 63.4 cm³/mol. The van der Waals surface area contributed by atoms with E-state index in [1.54, 1.807) is 13.1 Å². The molecule has 1 amide bonds. The van der Waals surface area contributed by atoms with Gasteiger partial charge in [-0.1, -0.05) is 11.2 Å². The third-order valence-electron chi connectivity index (χ3n) is 2.50. The van der Waals surface area contributed by atoms with E-state index in [2.05, 4.69) is 15.5 Å². The van der Waals surface area contributed by atoms with Gasteiger partial charge in [0.1, 0.15) is 0 Å². The van der Waals surface area contributed by atoms with Gasteiger partial charge in [-0.3, -0.25) is 9.78 Å². The number of amidine groups is 1. The van der Waals surface area contributed by atoms with Gasteiger partial charge < -0.3 is 16.3 Å². The van der Waals surface area contributed by atoms with Crippen molar-refractivity contribution in [2.24, 2.45) is 16.8 Å². The fraction of sp³-hybridized carbons (Fsp3) is 0.364. The number of carbonyl (C=O) groups is 1. The van der Waals surface area contributed by atoms with Gasteiger partial charge in [0.05, 0.1) is 18.2 Å². The molecule has 6 heteroatoms. The fourth-order valence-corrected chi connectivity index (χ4v) is 1.25. The Labute approximate surface area is 99.5 Å². The molecule has 0 radical (unpaired) electrons. The summed E-state index contributed by atoms with van der Waals surface area (Å²) in [6, 6.07) is 3.75. The topological polar surface area (TPSA) is 101 Å². The number of aromatic nitrogens is 1. The number of oxime groups is 1. The molecule has 6 nitrogen and oxygen atoms in total. The van der Waals surface area contributed by atoms with Crippen molar-refractivity contribution in [2.45, 2.75) is 20.4 Å². The minimum atomic E-state index is -0.663. The summed E-state index contributed by atoms with van der Waals surface area (Å²) in [6.45, 7) is 3.81. The molecule has 4 N–H and O–H groups in total. The maximum absolute atomic E-state index is 11.6. The molecule has 1 aromatic rings. The van der Waals surface area contributed by atoms with Crippen LogP contribution in [-0.4, -0.2) is 21.9 Å². The smallest absolute Gasteiger partial charge is 0.230 e. The molecule has 92 valence electrons. The molecule has 0 aliphatic heterocycles. The van der Waals surface area contributed by atoms with Crippen molar-refractivity contribution in [2.75, 3.05) is 0 Å². The highest BCUT2D eigenvalue weighted by Crippen LogP contribution is 2.03. The molecular formula is C11H16N4O2. The van der Waals surface area contributed by atoms with Crippen molar-refractivity contribution in [3.8, 4) is 0 Å². The Kier molecular flexibility index (Phi) is 4.45. The van der Waals surface area contributed by atoms with Crippen molar-refractivity contribution < 1.29 is 10.0 Å². The fourth-order valence-electron chi connectivity index (χ4n) is 1.25. The Bertz CT molecular complexity index is 431. The largest absolute Gasteiger partial charge is 0.409 e. The lowest BCUT2D eigenvalue weighted by Gasteiger charge is -2.11. The summed E-state index contributed by atoms with van der Waals surface area (Å²) < 4.78 is 0. The first-order valence-corrected chi connectivity index (χ1v) is 5.22. The lowest BCUT2D eigenvalue weighted by Crippen LogP contribution is -2.37. The number of nitrogens with one attached hydrogen (secondary N) is 1. The van der Waals surface area contributed by atoms with Crippen LogP contribution in [0.3, 0.4) is 0 Å². The van der Waals surface area contributed by atoms with Gasteiger partial charge in [0.25, 0.3) is 0 Å². The number of rotatable bonds is 4. The number of aryl methyl sites for hydroxylation is 1. The van der Waals surface area contributed by atoms with Gasteiger partial charge in [0, 0.05) is 6.20 Å². The number of nitrogens with zero attached hydrogens (tertiary/aromatic N) is 2. The van der Waals surface area contributed by atoms with Gasteiger partial charge in [0.2, 0.25) is 5.91 Å². The molecule has 1 heterocycles. The number of hydrogen-bond donors (Lipinski definition) is 3. The van der Waals surface area contributed by atoms with Crippen LogP contribution in [0.5, 0.6) is 0 Å². The molecular weight excluding hydrogens is 220 g/mol. The molecule has 1 rings (SSSR count). The predicted octanol–water partition coefficient (Wildman–Crippen LogP) is 0.389. The van der Waals surface area contributed by atoms with Gasteiger partial charge >= 0.3 is 0 Å². The molecule has 0 fully saturated rings. The molecule has 0 aliphatic carbocycles. The van der Waals surface area contributed by atoms with E-state index < -0.39 is 5.92 Å². The van der Waals surface area contributed by atoms with Crippen molar-refractivity contribution in [1.82, 2.24) is 10.3 Å². The van der Waals surface area contributed by atoms with Crippen LogP contribution in [0.25, 0.3) is 0 Å². The van der Waals surface area contributed by atoms with Crippen LogP contribution < -0.4 is 11.1 Å². The summed E-state index contributed by atoms with van der Waals surface area (Å²) >= 11 is 0. The van der Waals surface area contributed by atoms with Gasteiger partial charge in [-0.05, 0) is 25.5 Å². The van der Waals surface area contributed by atoms with Crippen molar-refractivity contribution in [3.63, 3.8) is 0 Å². The minimum Gasteiger partial charge on any atom is -0.409 e. The number of hydrogen-bond acceptors (Lipinski definition) is 4. The first-order chi connectivity index (χ1) is 8.06. The first kappa shape index (κ1) is 13.0. The Balaban J connectivity index is 2.57. The number of carbonyl (C=O) groups excluding carboxylic acids is 1. The Morgan fingerprint density at radius 1 is 1.71 bits per heavy atom. The molecule has 0 aromatic carbocycles. The average Bonchev–Trinajstić information content (AvgIpc) is 2.35. The van der Waals surface area contributed by atoms with Crippen LogP contribution in [0.15, 0.2) is 23.5 Å². The highest BCUT2D eigenvalue weighted by atomic mass is 16.4. The molecule has 0 bridgehead atoms. The van der Waals surface area contributed by atoms with E-state index in [-0.39, 0.29) is 11.7 Å². The third-order valence-corrected chi connectivity index (χ3v) is 2.50. The highest BCUT2D eigenvalue weighted by Gasteiger charge is 2.17. The lowest BCUT2D eigenvalue weighted by atomic mass is 10.1. The Morgan fingerprint density at radius 3 is 3.00 bits per heavy atom. The summed E-state index contributed by atoms with van der Waals surface area (Å²) in [5.41, 5.74) is 7.14. The zero-order chi connectivity index (χ0) is 12.8. The van der Waals surface area contributed by atoms with E-state index in [1.165, 1.54) is 0 Å². The van der Waals surface area contributed by atoms with E-state index in [0.717, 1.165) is 11.3 Å². The maximum Gasteiger partial charge on any atom is 0.230 e. The molecule has 0 saturated heterocycles. The summed E-state index contributed by atoms with van der Waals surface area (Å²) in [5.74, 6) is -1.07. The zero-order valence-electron chi connectivity index (χ0n) is 9.84. The summed E-state index contributed by atoms with van der Waals surface area (Å²) in [5, 5.41) is 13.9. The van der Waals surface area contributed by atoms with Crippen LogP contribution >= 0.6 is 0 Å². The Morgan fingerprint density at radius 2 is 2.41 bits per heavy atom. The second-order valence-electron chi connectivity index (χ2n) is 3.73. The third kappa shape index (κ3) is 3.44. The maximum atomic E-state index is 11.6. The molecule has 1 atom stereocenters. The molecule has 0 aliphatic rings. The van der Waals surface area contributed by atoms with E-state index >= 15 is 0 Å². The number of amides is 1. The van der Waals surface area contributed by atoms with E-state index in [1.807, 2.05) is 19.1 Å². The van der Waals surface area contributed by atoms with Crippen LogP contribution in [-0.2, 0) is 11.3 Å². The van der Waals surface area contributed by atoms with Crippen LogP contribution in [0.1, 0.15) is 18.2 Å². The lowest BCUT2D eigenvalue weighted by molar-refractivity contribution is -0.122. The second-order valence-corrected chi connectivity index (χ2v) is 3.73. The van der Waals surface area contributed by atoms with Gasteiger partial charge in [-0.15, -0.1) is 0 Å². The average molecular weight is 236 g/mol. The van der Waals surface area contributed by atoms with Crippen LogP contribution in [0, 0.1) is 12.8 Å². The number of pyridine rings is 1. The quantitative estimate of drug-likeness (QED) is 0.304. The van der Waals surface area contributed by atoms with Gasteiger partial charge in [-0.2, -0.15) is 0 Å². The van der Waals surface area contributed by atoms with E-state index in [9.17, 15) is 4.79 Å². The standard InChI is InChI=1S/C11H16N4O2/c1-7-4-3-5-13-9(7)6-14-11(16)8(2)10(12)15-17/h3-5,8,17H,6H2,1-2H3,(H2,12,15)(H,14,16). The summed E-state index contributed by atoms with van der Waals surface area (Å²) in [4.78, 5) is 15.8. The molecule has 1 unspecified atom stereocenters. The Hall–Kier alpha value is -2.11. The van der Waals surface area contributed by atoms with E-state index in [0.29, 0.717) is 6.54 Å². The molecule has 17 heavy (non-hydrogen) atoms. The van der Waals surface area contributed by atoms with E-state index in [4.69, 9.17) is 10.9 Å². The number of nitrogens with two attached hydrogens (primary N) is 1. The molecule has 1 aromatic heterocycles. The van der Waals surface area contributed by atoms with Crippen molar-refractivity contribution in [1.29, 1.82) is 0 Å². The second kappa shape index (κ2) is 5.83. The normalized spacial score (nSPS) is 13.2. The van der Waals surface area contributed by atoms with Crippen molar-refractivity contribution in [3.05, 3.63) is 29.6 Å². The summed E-state index contributed by atoms with van der Waals surface area (Å²) in [6.07, 6.45) is 1.67. The van der Waals surface area contributed by atoms with Gasteiger partial charge in [-0.25, -0.2) is 0 Å². The molecule has 0 saturated carbocycles. The van der Waals surface area contributed by atoms with Crippen LogP contribution in [0.2, 0.25) is 0 Å². The molecule has 0 spiro atoms. The monoisotopic (exact) mass is 236 g/mol. The van der Waals surface area contributed by atoms with Gasteiger partial charge in [0.15, 0.2) is 5.84 Å². The van der Waals surface area contributed by atoms with Crippen LogP contribution in [0.4, 0.5) is 0 Å². The minimum absolute atomic E-state index is 0.111. The highest BCUT2D eigenvalue weighted by molar-refractivity contribution is 6.01. The zero-order valence-corrected chi connectivity index (χ0v) is 9.84.